The van der Waals surface area contributed by atoms with Crippen LogP contribution in [0.15, 0.2) is 0 Å². The molecule has 0 heterocycles. The Bertz CT molecular complexity index is 184. The van der Waals surface area contributed by atoms with Crippen LogP contribution in [0, 0.1) is 24.2 Å². The molecular weight excluding hydrogens is 170 g/mol. The highest BCUT2D eigenvalue weighted by Gasteiger charge is 2.18. The van der Waals surface area contributed by atoms with E-state index in [2.05, 4.69) is 25.1 Å². The summed E-state index contributed by atoms with van der Waals surface area (Å²) in [6.45, 7) is 5.70. The Morgan fingerprint density at radius 2 is 2.00 bits per heavy atom. The summed E-state index contributed by atoms with van der Waals surface area (Å²) in [5.74, 6) is 4.55. The predicted octanol–water partition coefficient (Wildman–Crippen LogP) is 2.81. The monoisotopic (exact) mass is 193 g/mol. The molecule has 14 heavy (non-hydrogen) atoms. The summed E-state index contributed by atoms with van der Waals surface area (Å²) in [6, 6.07) is 0.486. The maximum Gasteiger partial charge on any atom is 0.0238 e. The normalized spacial score (nSPS) is 29.5. The van der Waals surface area contributed by atoms with Gasteiger partial charge in [0.1, 0.15) is 0 Å². The summed E-state index contributed by atoms with van der Waals surface area (Å²) in [4.78, 5) is 0. The van der Waals surface area contributed by atoms with Crippen LogP contribution in [0.4, 0.5) is 0 Å². The van der Waals surface area contributed by atoms with Crippen molar-refractivity contribution in [3.05, 3.63) is 0 Å². The molecule has 0 amide bonds. The summed E-state index contributed by atoms with van der Waals surface area (Å²) >= 11 is 0. The minimum atomic E-state index is 0.486. The smallest absolute Gasteiger partial charge is 0.0238 e. The highest BCUT2D eigenvalue weighted by molar-refractivity contribution is 4.88. The van der Waals surface area contributed by atoms with Gasteiger partial charge in [0.15, 0.2) is 0 Å². The van der Waals surface area contributed by atoms with Crippen molar-refractivity contribution in [3.63, 3.8) is 0 Å². The lowest BCUT2D eigenvalue weighted by Crippen LogP contribution is -2.32. The second-order valence-electron chi connectivity index (χ2n) is 4.84. The molecule has 1 unspecified atom stereocenters. The molecule has 1 heteroatoms. The molecule has 1 saturated carbocycles. The van der Waals surface area contributed by atoms with Crippen molar-refractivity contribution in [3.8, 4) is 12.3 Å². The molecule has 0 aromatic rings. The fourth-order valence-corrected chi connectivity index (χ4v) is 2.15. The largest absolute Gasteiger partial charge is 0.313 e. The molecule has 1 nitrogen and oxygen atoms in total. The third-order valence-corrected chi connectivity index (χ3v) is 3.31. The van der Waals surface area contributed by atoms with Crippen molar-refractivity contribution in [2.24, 2.45) is 11.8 Å². The molecular formula is C13H23N. The molecule has 0 saturated heterocycles. The van der Waals surface area contributed by atoms with Gasteiger partial charge in [0.05, 0.1) is 0 Å². The molecule has 0 radical (unpaired) electrons. The average Bonchev–Trinajstić information content (AvgIpc) is 2.17. The highest BCUT2D eigenvalue weighted by atomic mass is 14.9. The van der Waals surface area contributed by atoms with E-state index < -0.39 is 0 Å². The minimum Gasteiger partial charge on any atom is -0.313 e. The summed E-state index contributed by atoms with van der Waals surface area (Å²) in [6.07, 6.45) is 11.7. The average molecular weight is 193 g/mol. The first-order chi connectivity index (χ1) is 6.72. The van der Waals surface area contributed by atoms with E-state index in [1.165, 1.54) is 25.7 Å². The highest BCUT2D eigenvalue weighted by Crippen LogP contribution is 2.27. The molecule has 1 aliphatic rings. The van der Waals surface area contributed by atoms with Crippen LogP contribution in [0.2, 0.25) is 0 Å². The van der Waals surface area contributed by atoms with E-state index in [1.54, 1.807) is 0 Å². The van der Waals surface area contributed by atoms with Crippen LogP contribution in [0.1, 0.15) is 46.0 Å². The van der Waals surface area contributed by atoms with Crippen LogP contribution in [0.3, 0.4) is 0 Å². The zero-order valence-electron chi connectivity index (χ0n) is 9.55. The molecule has 0 aliphatic heterocycles. The second-order valence-corrected chi connectivity index (χ2v) is 4.84. The van der Waals surface area contributed by atoms with Gasteiger partial charge in [-0.3, -0.25) is 0 Å². The van der Waals surface area contributed by atoms with Gasteiger partial charge in [0, 0.05) is 12.5 Å². The molecule has 0 spiro atoms. The van der Waals surface area contributed by atoms with E-state index in [9.17, 15) is 0 Å². The molecule has 0 aromatic carbocycles. The van der Waals surface area contributed by atoms with Crippen molar-refractivity contribution in [2.75, 3.05) is 6.54 Å². The van der Waals surface area contributed by atoms with Crippen LogP contribution < -0.4 is 5.32 Å². The Labute approximate surface area is 88.7 Å². The summed E-state index contributed by atoms with van der Waals surface area (Å²) < 4.78 is 0. The third-order valence-electron chi connectivity index (χ3n) is 3.31. The van der Waals surface area contributed by atoms with E-state index in [-0.39, 0.29) is 0 Å². The fourth-order valence-electron chi connectivity index (χ4n) is 2.15. The van der Waals surface area contributed by atoms with E-state index in [1.807, 2.05) is 0 Å². The van der Waals surface area contributed by atoms with Gasteiger partial charge in [-0.1, -0.05) is 19.8 Å². The lowest BCUT2D eigenvalue weighted by atomic mass is 9.83. The predicted molar refractivity (Wildman–Crippen MR) is 62.0 cm³/mol. The first kappa shape index (κ1) is 11.6. The van der Waals surface area contributed by atoms with Crippen molar-refractivity contribution in [1.82, 2.24) is 5.32 Å². The van der Waals surface area contributed by atoms with Crippen LogP contribution in [-0.4, -0.2) is 12.6 Å². The van der Waals surface area contributed by atoms with E-state index in [0.29, 0.717) is 6.04 Å². The summed E-state index contributed by atoms with van der Waals surface area (Å²) in [7, 11) is 0. The van der Waals surface area contributed by atoms with E-state index >= 15 is 0 Å². The van der Waals surface area contributed by atoms with Gasteiger partial charge in [-0.15, -0.1) is 12.3 Å². The lowest BCUT2D eigenvalue weighted by molar-refractivity contribution is 0.276. The number of nitrogens with one attached hydrogen (secondary N) is 1. The number of hydrogen-bond acceptors (Lipinski definition) is 1. The molecule has 1 rings (SSSR count). The first-order valence-electron chi connectivity index (χ1n) is 5.89. The maximum atomic E-state index is 5.27. The lowest BCUT2D eigenvalue weighted by Gasteiger charge is -2.27. The zero-order chi connectivity index (χ0) is 10.4. The Hall–Kier alpha value is -0.480. The Kier molecular flexibility index (Phi) is 5.04. The van der Waals surface area contributed by atoms with Gasteiger partial charge in [-0.05, 0) is 38.1 Å². The molecule has 0 bridgehead atoms. The fraction of sp³-hybridized carbons (Fsp3) is 0.846. The Morgan fingerprint density at radius 3 is 2.57 bits per heavy atom. The maximum absolute atomic E-state index is 5.27. The van der Waals surface area contributed by atoms with Gasteiger partial charge < -0.3 is 5.32 Å². The van der Waals surface area contributed by atoms with Crippen LogP contribution in [0.5, 0.6) is 0 Å². The number of rotatable bonds is 4. The van der Waals surface area contributed by atoms with Gasteiger partial charge >= 0.3 is 0 Å². The van der Waals surface area contributed by atoms with Gasteiger partial charge in [-0.2, -0.15) is 0 Å². The van der Waals surface area contributed by atoms with Gasteiger partial charge in [0.25, 0.3) is 0 Å². The minimum absolute atomic E-state index is 0.486. The van der Waals surface area contributed by atoms with Crippen LogP contribution >= 0.6 is 0 Å². The molecule has 1 fully saturated rings. The zero-order valence-corrected chi connectivity index (χ0v) is 9.55. The van der Waals surface area contributed by atoms with Gasteiger partial charge in [0.2, 0.25) is 0 Å². The quantitative estimate of drug-likeness (QED) is 0.677. The molecule has 1 atom stereocenters. The summed E-state index contributed by atoms with van der Waals surface area (Å²) in [5, 5.41) is 3.53. The Morgan fingerprint density at radius 1 is 1.36 bits per heavy atom. The standard InChI is InChI=1S/C13H23N/c1-4-5-12(3)14-10-13-8-6-11(2)7-9-13/h1,11-14H,5-10H2,2-3H3. The molecule has 0 aromatic heterocycles. The number of terminal acetylenes is 1. The van der Waals surface area contributed by atoms with Crippen LogP contribution in [-0.2, 0) is 0 Å². The molecule has 80 valence electrons. The van der Waals surface area contributed by atoms with E-state index in [0.717, 1.165) is 24.8 Å². The van der Waals surface area contributed by atoms with Crippen molar-refractivity contribution < 1.29 is 0 Å². The summed E-state index contributed by atoms with van der Waals surface area (Å²) in [5.41, 5.74) is 0. The van der Waals surface area contributed by atoms with Crippen molar-refractivity contribution in [1.29, 1.82) is 0 Å². The number of hydrogen-bond donors (Lipinski definition) is 1. The first-order valence-corrected chi connectivity index (χ1v) is 5.89. The van der Waals surface area contributed by atoms with Gasteiger partial charge in [-0.25, -0.2) is 0 Å². The van der Waals surface area contributed by atoms with Crippen molar-refractivity contribution >= 4 is 0 Å². The molecule has 1 N–H and O–H groups in total. The van der Waals surface area contributed by atoms with E-state index in [4.69, 9.17) is 6.42 Å². The SMILES string of the molecule is C#CCC(C)NCC1CCC(C)CC1. The van der Waals surface area contributed by atoms with Crippen LogP contribution in [0.25, 0.3) is 0 Å². The second kappa shape index (κ2) is 6.09. The topological polar surface area (TPSA) is 12.0 Å². The third kappa shape index (κ3) is 4.15. The van der Waals surface area contributed by atoms with Crippen molar-refractivity contribution in [2.45, 2.75) is 52.0 Å². The molecule has 1 aliphatic carbocycles. The Balaban J connectivity index is 2.10.